The fourth-order valence-electron chi connectivity index (χ4n) is 2.72. The van der Waals surface area contributed by atoms with Crippen LogP contribution in [0.2, 0.25) is 0 Å². The average Bonchev–Trinajstić information content (AvgIpc) is 2.95. The first kappa shape index (κ1) is 19.1. The predicted octanol–water partition coefficient (Wildman–Crippen LogP) is 5.60. The Bertz CT molecular complexity index is 965. The summed E-state index contributed by atoms with van der Waals surface area (Å²) in [5, 5.41) is 19.0. The van der Waals surface area contributed by atoms with Gasteiger partial charge in [0.25, 0.3) is 0 Å². The van der Waals surface area contributed by atoms with Crippen molar-refractivity contribution in [2.75, 3.05) is 6.61 Å². The lowest BCUT2D eigenvalue weighted by atomic mass is 10.2. The van der Waals surface area contributed by atoms with Gasteiger partial charge in [0.05, 0.1) is 5.52 Å². The molecule has 6 nitrogen and oxygen atoms in total. The van der Waals surface area contributed by atoms with Gasteiger partial charge >= 0.3 is 5.91 Å². The quantitative estimate of drug-likeness (QED) is 0.496. The Morgan fingerprint density at radius 3 is 2.67 bits per heavy atom. The molecular formula is C20H20BrN3O3. The van der Waals surface area contributed by atoms with Gasteiger partial charge in [0, 0.05) is 16.4 Å². The number of amides is 1. The highest BCUT2D eigenvalue weighted by molar-refractivity contribution is 9.10. The number of aromatic nitrogens is 1. The van der Waals surface area contributed by atoms with Crippen molar-refractivity contribution in [1.82, 2.24) is 4.57 Å². The molecule has 0 bridgehead atoms. The molecule has 0 unspecified atom stereocenters. The molecule has 0 spiro atoms. The van der Waals surface area contributed by atoms with Gasteiger partial charge in [-0.05, 0) is 36.8 Å². The summed E-state index contributed by atoms with van der Waals surface area (Å²) in [6, 6.07) is 14.7. The van der Waals surface area contributed by atoms with Crippen molar-refractivity contribution in [3.63, 3.8) is 0 Å². The molecule has 1 N–H and O–H groups in total. The van der Waals surface area contributed by atoms with Crippen LogP contribution in [0.5, 0.6) is 11.6 Å². The number of hydrogen-bond donors (Lipinski definition) is 1. The minimum Gasteiger partial charge on any atom is -0.493 e. The second-order valence-electron chi connectivity index (χ2n) is 6.03. The first-order valence-electron chi connectivity index (χ1n) is 8.73. The molecule has 1 heterocycles. The number of rotatable bonds is 7. The number of nitrogens with zero attached hydrogens (tertiary/aromatic N) is 3. The zero-order valence-corrected chi connectivity index (χ0v) is 16.5. The number of unbranched alkanes of at least 4 members (excludes halogenated alkanes) is 1. The first-order chi connectivity index (χ1) is 13.1. The Kier molecular flexibility index (Phi) is 6.24. The highest BCUT2D eigenvalue weighted by Crippen LogP contribution is 2.38. The third-order valence-electron chi connectivity index (χ3n) is 4.09. The molecule has 0 saturated heterocycles. The third-order valence-corrected chi connectivity index (χ3v) is 4.62. The molecule has 0 aliphatic heterocycles. The number of halogens is 1. The van der Waals surface area contributed by atoms with Crippen LogP contribution >= 0.6 is 15.9 Å². The van der Waals surface area contributed by atoms with E-state index in [0.29, 0.717) is 18.0 Å². The molecule has 0 atom stereocenters. The molecule has 27 heavy (non-hydrogen) atoms. The van der Waals surface area contributed by atoms with E-state index >= 15 is 0 Å². The number of para-hydroxylation sites is 1. The van der Waals surface area contributed by atoms with Crippen LogP contribution in [-0.2, 0) is 11.3 Å². The fraction of sp³-hybridized carbons (Fsp3) is 0.250. The summed E-state index contributed by atoms with van der Waals surface area (Å²) in [7, 11) is 0. The second kappa shape index (κ2) is 8.81. The summed E-state index contributed by atoms with van der Waals surface area (Å²) >= 11 is 3.34. The van der Waals surface area contributed by atoms with Gasteiger partial charge in [-0.1, -0.05) is 47.5 Å². The highest BCUT2D eigenvalue weighted by Gasteiger charge is 2.16. The Morgan fingerprint density at radius 1 is 1.19 bits per heavy atom. The molecule has 0 aliphatic rings. The lowest BCUT2D eigenvalue weighted by Gasteiger charge is -2.05. The number of aryl methyl sites for hydroxylation is 1. The molecule has 3 rings (SSSR count). The highest BCUT2D eigenvalue weighted by atomic mass is 79.9. The molecule has 7 heteroatoms. The molecular weight excluding hydrogens is 410 g/mol. The number of carbonyl (C=O) groups is 1. The Hall–Kier alpha value is -2.67. The zero-order chi connectivity index (χ0) is 19.2. The normalized spacial score (nSPS) is 11.3. The maximum absolute atomic E-state index is 12.0. The largest absolute Gasteiger partial charge is 0.493 e. The summed E-state index contributed by atoms with van der Waals surface area (Å²) in [6.07, 6.45) is 1.94. The van der Waals surface area contributed by atoms with Crippen LogP contribution in [0.1, 0.15) is 19.8 Å². The Labute approximate surface area is 165 Å². The molecule has 0 saturated carbocycles. The molecule has 0 aliphatic carbocycles. The van der Waals surface area contributed by atoms with Gasteiger partial charge in [-0.2, -0.15) is 0 Å². The van der Waals surface area contributed by atoms with Crippen LogP contribution in [0.25, 0.3) is 10.9 Å². The van der Waals surface area contributed by atoms with E-state index in [-0.39, 0.29) is 12.5 Å². The van der Waals surface area contributed by atoms with Crippen LogP contribution in [-0.4, -0.2) is 22.2 Å². The number of carbonyl (C=O) groups excluding carboxylic acids is 1. The van der Waals surface area contributed by atoms with Crippen molar-refractivity contribution >= 4 is 38.4 Å². The number of aromatic hydroxyl groups is 1. The number of fused-ring (bicyclic) bond motifs is 1. The van der Waals surface area contributed by atoms with Crippen LogP contribution < -0.4 is 4.74 Å². The van der Waals surface area contributed by atoms with E-state index in [1.165, 1.54) is 0 Å². The van der Waals surface area contributed by atoms with Crippen LogP contribution in [0, 0.1) is 0 Å². The molecule has 2 aromatic carbocycles. The van der Waals surface area contributed by atoms with Gasteiger partial charge in [-0.15, -0.1) is 10.2 Å². The van der Waals surface area contributed by atoms with Crippen molar-refractivity contribution in [3.8, 4) is 11.6 Å². The van der Waals surface area contributed by atoms with E-state index in [4.69, 9.17) is 4.74 Å². The number of hydrogen-bond acceptors (Lipinski definition) is 4. The summed E-state index contributed by atoms with van der Waals surface area (Å²) in [6.45, 7) is 2.55. The predicted molar refractivity (Wildman–Crippen MR) is 108 cm³/mol. The van der Waals surface area contributed by atoms with E-state index in [1.54, 1.807) is 16.7 Å². The molecule has 140 valence electrons. The molecule has 0 radical (unpaired) electrons. The third kappa shape index (κ3) is 4.54. The van der Waals surface area contributed by atoms with E-state index in [1.807, 2.05) is 36.4 Å². The van der Waals surface area contributed by atoms with Crippen LogP contribution in [0.3, 0.4) is 0 Å². The first-order valence-corrected chi connectivity index (χ1v) is 9.52. The minimum absolute atomic E-state index is 0.0232. The minimum atomic E-state index is -0.525. The summed E-state index contributed by atoms with van der Waals surface area (Å²) in [5.74, 6) is 0.0681. The number of benzene rings is 2. The monoisotopic (exact) mass is 429 g/mol. The van der Waals surface area contributed by atoms with Crippen molar-refractivity contribution < 1.29 is 14.6 Å². The fourth-order valence-corrected chi connectivity index (χ4v) is 2.99. The van der Waals surface area contributed by atoms with E-state index in [2.05, 4.69) is 33.1 Å². The van der Waals surface area contributed by atoms with Crippen LogP contribution in [0.15, 0.2) is 63.2 Å². The second-order valence-corrected chi connectivity index (χ2v) is 6.95. The van der Waals surface area contributed by atoms with Gasteiger partial charge in [-0.25, -0.2) is 0 Å². The lowest BCUT2D eigenvalue weighted by molar-refractivity contribution is -0.120. The van der Waals surface area contributed by atoms with Gasteiger partial charge < -0.3 is 14.4 Å². The number of azo groups is 1. The standard InChI is InChI=1S/C20H20BrN3O3/c1-2-3-12-24-17-7-5-4-6-16(17)19(20(24)26)23-22-18(25)13-27-15-10-8-14(21)9-11-15/h4-11,26H,2-3,12-13H2,1H3. The number of ether oxygens (including phenoxy) is 1. The smallest absolute Gasteiger partial charge is 0.302 e. The van der Waals surface area contributed by atoms with E-state index in [0.717, 1.165) is 28.2 Å². The van der Waals surface area contributed by atoms with Gasteiger partial charge in [0.2, 0.25) is 5.88 Å². The molecule has 3 aromatic rings. The topological polar surface area (TPSA) is 76.2 Å². The van der Waals surface area contributed by atoms with Crippen molar-refractivity contribution in [2.45, 2.75) is 26.3 Å². The van der Waals surface area contributed by atoms with Crippen molar-refractivity contribution in [1.29, 1.82) is 0 Å². The maximum atomic E-state index is 12.0. The Morgan fingerprint density at radius 2 is 1.93 bits per heavy atom. The van der Waals surface area contributed by atoms with Gasteiger partial charge in [0.1, 0.15) is 5.75 Å². The summed E-state index contributed by atoms with van der Waals surface area (Å²) in [4.78, 5) is 12.0. The van der Waals surface area contributed by atoms with Gasteiger partial charge in [-0.3, -0.25) is 4.79 Å². The SMILES string of the molecule is CCCCn1c(O)c(N=NC(=O)COc2ccc(Br)cc2)c2ccccc21. The molecule has 1 aromatic heterocycles. The Balaban J connectivity index is 1.76. The zero-order valence-electron chi connectivity index (χ0n) is 14.9. The van der Waals surface area contributed by atoms with Gasteiger partial charge in [0.15, 0.2) is 12.3 Å². The lowest BCUT2D eigenvalue weighted by Crippen LogP contribution is -2.07. The average molecular weight is 430 g/mol. The van der Waals surface area contributed by atoms with E-state index < -0.39 is 5.91 Å². The molecule has 0 fully saturated rings. The summed E-state index contributed by atoms with van der Waals surface area (Å²) in [5.41, 5.74) is 1.18. The van der Waals surface area contributed by atoms with Crippen molar-refractivity contribution in [2.24, 2.45) is 10.2 Å². The maximum Gasteiger partial charge on any atom is 0.302 e. The summed E-state index contributed by atoms with van der Waals surface area (Å²) < 4.78 is 8.12. The van der Waals surface area contributed by atoms with Crippen LogP contribution in [0.4, 0.5) is 5.69 Å². The van der Waals surface area contributed by atoms with Crippen molar-refractivity contribution in [3.05, 3.63) is 53.0 Å². The van der Waals surface area contributed by atoms with E-state index in [9.17, 15) is 9.90 Å². The molecule has 1 amide bonds.